The van der Waals surface area contributed by atoms with E-state index in [9.17, 15) is 9.59 Å². The first kappa shape index (κ1) is 19.2. The molecule has 1 aromatic heterocycles. The van der Waals surface area contributed by atoms with Crippen LogP contribution in [0.25, 0.3) is 0 Å². The minimum atomic E-state index is -0.0898. The number of carbonyl (C=O) groups is 2. The zero-order chi connectivity index (χ0) is 19.6. The molecule has 0 radical (unpaired) electrons. The highest BCUT2D eigenvalue weighted by molar-refractivity contribution is 5.96. The fourth-order valence-corrected chi connectivity index (χ4v) is 3.23. The Balaban J connectivity index is 1.74. The molecule has 0 aliphatic heterocycles. The van der Waals surface area contributed by atoms with Crippen LogP contribution in [0.4, 0.5) is 0 Å². The molecule has 1 aromatic carbocycles. The Kier molecular flexibility index (Phi) is 5.68. The second-order valence-corrected chi connectivity index (χ2v) is 7.76. The van der Waals surface area contributed by atoms with Gasteiger partial charge >= 0.3 is 0 Å². The van der Waals surface area contributed by atoms with Crippen LogP contribution in [0.15, 0.2) is 42.6 Å². The van der Waals surface area contributed by atoms with E-state index < -0.39 is 0 Å². The van der Waals surface area contributed by atoms with Crippen LogP contribution in [0.2, 0.25) is 0 Å². The van der Waals surface area contributed by atoms with Gasteiger partial charge in [-0.3, -0.25) is 9.59 Å². The van der Waals surface area contributed by atoms with Gasteiger partial charge in [-0.25, -0.2) is 0 Å². The molecule has 3 rings (SSSR count). The van der Waals surface area contributed by atoms with Gasteiger partial charge in [0, 0.05) is 36.6 Å². The molecule has 1 aliphatic carbocycles. The minimum Gasteiger partial charge on any atom is -0.353 e. The van der Waals surface area contributed by atoms with E-state index in [1.165, 1.54) is 0 Å². The summed E-state index contributed by atoms with van der Waals surface area (Å²) in [5.74, 6) is -0.0687. The summed E-state index contributed by atoms with van der Waals surface area (Å²) in [6.45, 7) is 6.62. The molecule has 2 amide bonds. The van der Waals surface area contributed by atoms with Gasteiger partial charge in [-0.05, 0) is 57.9 Å². The van der Waals surface area contributed by atoms with Crippen molar-refractivity contribution >= 4 is 11.8 Å². The average Bonchev–Trinajstić information content (AvgIpc) is 3.39. The molecular formula is C22H29N3O2. The van der Waals surface area contributed by atoms with Gasteiger partial charge in [0.1, 0.15) is 6.54 Å². The van der Waals surface area contributed by atoms with Gasteiger partial charge in [0.05, 0.1) is 6.54 Å². The van der Waals surface area contributed by atoms with Gasteiger partial charge in [0.2, 0.25) is 5.91 Å². The SMILES string of the molecule is Cc1ccc(C(=O)N(CC(=O)N(Cc2cccn2C)C2CC2)C(C)C)cc1. The number of hydrogen-bond donors (Lipinski definition) is 0. The van der Waals surface area contributed by atoms with Crippen molar-refractivity contribution in [2.75, 3.05) is 6.54 Å². The standard InChI is InChI=1S/C22H29N3O2/c1-16(2)24(22(27)18-9-7-17(3)8-10-18)15-21(26)25(19-11-12-19)14-20-6-5-13-23(20)4/h5-10,13,16,19H,11-12,14-15H2,1-4H3. The Morgan fingerprint density at radius 1 is 1.15 bits per heavy atom. The summed E-state index contributed by atoms with van der Waals surface area (Å²) in [5.41, 5.74) is 2.85. The average molecular weight is 367 g/mol. The maximum Gasteiger partial charge on any atom is 0.254 e. The third-order valence-electron chi connectivity index (χ3n) is 5.18. The van der Waals surface area contributed by atoms with E-state index in [2.05, 4.69) is 0 Å². The third-order valence-corrected chi connectivity index (χ3v) is 5.18. The van der Waals surface area contributed by atoms with E-state index in [1.54, 1.807) is 4.90 Å². The van der Waals surface area contributed by atoms with Crippen LogP contribution in [-0.4, -0.2) is 44.8 Å². The Bertz CT molecular complexity index is 803. The fourth-order valence-electron chi connectivity index (χ4n) is 3.23. The number of hydrogen-bond acceptors (Lipinski definition) is 2. The smallest absolute Gasteiger partial charge is 0.254 e. The molecule has 5 nitrogen and oxygen atoms in total. The molecule has 1 aliphatic rings. The maximum atomic E-state index is 13.1. The molecule has 0 saturated heterocycles. The van der Waals surface area contributed by atoms with Gasteiger partial charge in [-0.1, -0.05) is 17.7 Å². The van der Waals surface area contributed by atoms with Gasteiger partial charge < -0.3 is 14.4 Å². The molecule has 2 aromatic rings. The van der Waals surface area contributed by atoms with Gasteiger partial charge in [-0.2, -0.15) is 0 Å². The van der Waals surface area contributed by atoms with Crippen molar-refractivity contribution in [3.63, 3.8) is 0 Å². The van der Waals surface area contributed by atoms with Crippen LogP contribution in [0, 0.1) is 6.92 Å². The molecule has 27 heavy (non-hydrogen) atoms. The number of amides is 2. The number of benzene rings is 1. The summed E-state index contributed by atoms with van der Waals surface area (Å²) in [6, 6.07) is 11.8. The summed E-state index contributed by atoms with van der Waals surface area (Å²) in [5, 5.41) is 0. The zero-order valence-corrected chi connectivity index (χ0v) is 16.7. The van der Waals surface area contributed by atoms with E-state index in [4.69, 9.17) is 0 Å². The Morgan fingerprint density at radius 2 is 1.81 bits per heavy atom. The molecule has 5 heteroatoms. The summed E-state index contributed by atoms with van der Waals surface area (Å²) in [4.78, 5) is 29.7. The molecule has 0 N–H and O–H groups in total. The van der Waals surface area contributed by atoms with Gasteiger partial charge in [0.15, 0.2) is 0 Å². The molecular weight excluding hydrogens is 338 g/mol. The first-order valence-electron chi connectivity index (χ1n) is 9.64. The van der Waals surface area contributed by atoms with Crippen molar-refractivity contribution in [3.05, 3.63) is 59.4 Å². The fraction of sp³-hybridized carbons (Fsp3) is 0.455. The molecule has 144 valence electrons. The van der Waals surface area contributed by atoms with Crippen LogP contribution < -0.4 is 0 Å². The lowest BCUT2D eigenvalue weighted by Gasteiger charge is -2.30. The molecule has 0 unspecified atom stereocenters. The Hall–Kier alpha value is -2.56. The molecule has 0 spiro atoms. The Morgan fingerprint density at radius 3 is 2.33 bits per heavy atom. The lowest BCUT2D eigenvalue weighted by molar-refractivity contribution is -0.133. The van der Waals surface area contributed by atoms with Crippen molar-refractivity contribution in [2.45, 2.75) is 52.2 Å². The summed E-state index contributed by atoms with van der Waals surface area (Å²) >= 11 is 0. The molecule has 1 heterocycles. The molecule has 1 saturated carbocycles. The summed E-state index contributed by atoms with van der Waals surface area (Å²) in [7, 11) is 1.99. The van der Waals surface area contributed by atoms with E-state index in [1.807, 2.05) is 79.9 Å². The van der Waals surface area contributed by atoms with Crippen LogP contribution in [0.1, 0.15) is 48.3 Å². The largest absolute Gasteiger partial charge is 0.353 e. The number of aromatic nitrogens is 1. The first-order chi connectivity index (χ1) is 12.9. The number of nitrogens with zero attached hydrogens (tertiary/aromatic N) is 3. The number of aryl methyl sites for hydroxylation is 2. The molecule has 0 atom stereocenters. The highest BCUT2D eigenvalue weighted by Crippen LogP contribution is 2.29. The predicted molar refractivity (Wildman–Crippen MR) is 106 cm³/mol. The number of carbonyl (C=O) groups excluding carboxylic acids is 2. The number of rotatable bonds is 7. The van der Waals surface area contributed by atoms with Crippen LogP contribution in [0.3, 0.4) is 0 Å². The second-order valence-electron chi connectivity index (χ2n) is 7.76. The zero-order valence-electron chi connectivity index (χ0n) is 16.7. The van der Waals surface area contributed by atoms with E-state index in [-0.39, 0.29) is 24.4 Å². The van der Waals surface area contributed by atoms with Crippen molar-refractivity contribution in [3.8, 4) is 0 Å². The minimum absolute atomic E-state index is 0.0212. The molecule has 1 fully saturated rings. The third kappa shape index (κ3) is 4.59. The lowest BCUT2D eigenvalue weighted by atomic mass is 10.1. The monoisotopic (exact) mass is 367 g/mol. The normalized spacial score (nSPS) is 13.7. The second kappa shape index (κ2) is 7.99. The highest BCUT2D eigenvalue weighted by atomic mass is 16.2. The maximum absolute atomic E-state index is 13.1. The predicted octanol–water partition coefficient (Wildman–Crippen LogP) is 3.38. The summed E-state index contributed by atoms with van der Waals surface area (Å²) in [6.07, 6.45) is 4.08. The van der Waals surface area contributed by atoms with Gasteiger partial charge in [0.25, 0.3) is 5.91 Å². The van der Waals surface area contributed by atoms with Crippen molar-refractivity contribution < 1.29 is 9.59 Å². The van der Waals surface area contributed by atoms with Crippen LogP contribution in [-0.2, 0) is 18.4 Å². The Labute approximate surface area is 161 Å². The van der Waals surface area contributed by atoms with E-state index in [0.717, 1.165) is 24.1 Å². The summed E-state index contributed by atoms with van der Waals surface area (Å²) < 4.78 is 2.04. The van der Waals surface area contributed by atoms with Crippen LogP contribution >= 0.6 is 0 Å². The van der Waals surface area contributed by atoms with Gasteiger partial charge in [-0.15, -0.1) is 0 Å². The van der Waals surface area contributed by atoms with Crippen molar-refractivity contribution in [2.24, 2.45) is 7.05 Å². The first-order valence-corrected chi connectivity index (χ1v) is 9.64. The highest BCUT2D eigenvalue weighted by Gasteiger charge is 2.34. The van der Waals surface area contributed by atoms with Crippen molar-refractivity contribution in [1.29, 1.82) is 0 Å². The van der Waals surface area contributed by atoms with E-state index >= 15 is 0 Å². The lowest BCUT2D eigenvalue weighted by Crippen LogP contribution is -2.46. The quantitative estimate of drug-likeness (QED) is 0.753. The molecule has 0 bridgehead atoms. The van der Waals surface area contributed by atoms with E-state index in [0.29, 0.717) is 18.2 Å². The van der Waals surface area contributed by atoms with Crippen LogP contribution in [0.5, 0.6) is 0 Å². The van der Waals surface area contributed by atoms with Crippen molar-refractivity contribution in [1.82, 2.24) is 14.4 Å². The topological polar surface area (TPSA) is 45.6 Å².